The van der Waals surface area contributed by atoms with Gasteiger partial charge in [-0.2, -0.15) is 9.37 Å². The van der Waals surface area contributed by atoms with Gasteiger partial charge in [0.1, 0.15) is 11.3 Å². The van der Waals surface area contributed by atoms with Gasteiger partial charge in [0.15, 0.2) is 11.3 Å². The standard InChI is InChI=1S/C22H27FN6O6/c1-4-5-14(8-9-30)24-19-17-16(25-21(26-19)27-22(33)35-3)18(23)28-29(17)11-13-7-6-12(20(31)32)10-15(13)34-2/h6-7,10,14,30H,4-5,8-9,11H2,1-3H3,(H,31,32)(H2,24,25,26,27,33)/t14-/m0/s1. The van der Waals surface area contributed by atoms with Gasteiger partial charge < -0.3 is 25.0 Å². The third kappa shape index (κ3) is 5.93. The average molecular weight is 490 g/mol. The molecule has 0 aliphatic heterocycles. The zero-order chi connectivity index (χ0) is 25.5. The Morgan fingerprint density at radius 2 is 2.00 bits per heavy atom. The molecule has 0 aliphatic carbocycles. The van der Waals surface area contributed by atoms with Crippen LogP contribution in [-0.4, -0.2) is 68.9 Å². The van der Waals surface area contributed by atoms with Gasteiger partial charge >= 0.3 is 12.1 Å². The van der Waals surface area contributed by atoms with E-state index >= 15 is 0 Å². The Kier molecular flexibility index (Phi) is 8.36. The van der Waals surface area contributed by atoms with E-state index in [1.165, 1.54) is 31.0 Å². The van der Waals surface area contributed by atoms with E-state index in [4.69, 9.17) is 4.74 Å². The van der Waals surface area contributed by atoms with Crippen LogP contribution in [0.5, 0.6) is 5.75 Å². The average Bonchev–Trinajstić information content (AvgIpc) is 3.14. The number of aliphatic hydroxyl groups excluding tert-OH is 1. The molecular weight excluding hydrogens is 463 g/mol. The number of nitrogens with one attached hydrogen (secondary N) is 2. The van der Waals surface area contributed by atoms with Gasteiger partial charge in [0.2, 0.25) is 5.95 Å². The maximum absolute atomic E-state index is 14.9. The van der Waals surface area contributed by atoms with Gasteiger partial charge in [-0.15, -0.1) is 5.10 Å². The monoisotopic (exact) mass is 490 g/mol. The van der Waals surface area contributed by atoms with Crippen molar-refractivity contribution in [1.29, 1.82) is 0 Å². The first-order valence-corrected chi connectivity index (χ1v) is 10.9. The smallest absolute Gasteiger partial charge is 0.413 e. The van der Waals surface area contributed by atoms with Crippen molar-refractivity contribution in [3.05, 3.63) is 35.3 Å². The Labute approximate surface area is 200 Å². The first kappa shape index (κ1) is 25.6. The van der Waals surface area contributed by atoms with Crippen molar-refractivity contribution in [3.63, 3.8) is 0 Å². The highest BCUT2D eigenvalue weighted by Crippen LogP contribution is 2.29. The second-order valence-corrected chi connectivity index (χ2v) is 7.63. The molecule has 0 saturated heterocycles. The normalized spacial score (nSPS) is 11.8. The summed E-state index contributed by atoms with van der Waals surface area (Å²) in [6.07, 6.45) is 1.11. The minimum absolute atomic E-state index is 0.0176. The lowest BCUT2D eigenvalue weighted by Gasteiger charge is -2.19. The van der Waals surface area contributed by atoms with Crippen LogP contribution in [0.25, 0.3) is 11.0 Å². The first-order valence-electron chi connectivity index (χ1n) is 10.9. The Morgan fingerprint density at radius 1 is 1.23 bits per heavy atom. The molecule has 1 atom stereocenters. The number of benzene rings is 1. The molecule has 0 spiro atoms. The van der Waals surface area contributed by atoms with Crippen LogP contribution in [0.1, 0.15) is 42.1 Å². The number of halogens is 1. The maximum Gasteiger partial charge on any atom is 0.413 e. The molecule has 3 aromatic rings. The van der Waals surface area contributed by atoms with E-state index in [0.29, 0.717) is 18.4 Å². The van der Waals surface area contributed by atoms with Crippen molar-refractivity contribution in [3.8, 4) is 5.75 Å². The third-order valence-electron chi connectivity index (χ3n) is 5.25. The molecule has 0 radical (unpaired) electrons. The van der Waals surface area contributed by atoms with E-state index < -0.39 is 18.0 Å². The molecule has 3 rings (SSSR count). The summed E-state index contributed by atoms with van der Waals surface area (Å²) in [5.41, 5.74) is 0.665. The van der Waals surface area contributed by atoms with Gasteiger partial charge in [-0.25, -0.2) is 14.6 Å². The van der Waals surface area contributed by atoms with Crippen LogP contribution in [-0.2, 0) is 11.3 Å². The number of aromatic carboxylic acids is 1. The summed E-state index contributed by atoms with van der Waals surface area (Å²) in [6, 6.07) is 4.14. The summed E-state index contributed by atoms with van der Waals surface area (Å²) in [4.78, 5) is 31.4. The molecule has 4 N–H and O–H groups in total. The van der Waals surface area contributed by atoms with E-state index in [1.807, 2.05) is 6.92 Å². The molecule has 0 saturated carbocycles. The molecule has 1 aromatic carbocycles. The van der Waals surface area contributed by atoms with Gasteiger partial charge in [-0.3, -0.25) is 10.00 Å². The quantitative estimate of drug-likeness (QED) is 0.314. The lowest BCUT2D eigenvalue weighted by Crippen LogP contribution is -2.23. The topological polar surface area (TPSA) is 161 Å². The van der Waals surface area contributed by atoms with Crippen LogP contribution in [0, 0.1) is 5.95 Å². The molecule has 35 heavy (non-hydrogen) atoms. The van der Waals surface area contributed by atoms with E-state index in [0.717, 1.165) is 6.42 Å². The van der Waals surface area contributed by atoms with E-state index in [-0.39, 0.29) is 53.3 Å². The zero-order valence-electron chi connectivity index (χ0n) is 19.5. The lowest BCUT2D eigenvalue weighted by molar-refractivity contribution is 0.0696. The summed E-state index contributed by atoms with van der Waals surface area (Å²) in [5.74, 6) is -1.70. The van der Waals surface area contributed by atoms with Crippen molar-refractivity contribution in [1.82, 2.24) is 19.7 Å². The fraction of sp³-hybridized carbons (Fsp3) is 0.409. The Bertz CT molecular complexity index is 1210. The van der Waals surface area contributed by atoms with Gasteiger partial charge in [0.05, 0.1) is 26.3 Å². The zero-order valence-corrected chi connectivity index (χ0v) is 19.5. The van der Waals surface area contributed by atoms with Gasteiger partial charge in [-0.05, 0) is 25.0 Å². The highest BCUT2D eigenvalue weighted by atomic mass is 19.1. The van der Waals surface area contributed by atoms with Gasteiger partial charge in [0.25, 0.3) is 5.95 Å². The number of nitrogens with zero attached hydrogens (tertiary/aromatic N) is 4. The van der Waals surface area contributed by atoms with Crippen LogP contribution in [0.15, 0.2) is 18.2 Å². The second-order valence-electron chi connectivity index (χ2n) is 7.63. The van der Waals surface area contributed by atoms with Crippen LogP contribution in [0.4, 0.5) is 21.0 Å². The summed E-state index contributed by atoms with van der Waals surface area (Å²) < 4.78 is 26.2. The lowest BCUT2D eigenvalue weighted by atomic mass is 10.1. The molecule has 12 nitrogen and oxygen atoms in total. The number of anilines is 2. The number of methoxy groups -OCH3 is 2. The molecule has 0 aliphatic rings. The van der Waals surface area contributed by atoms with E-state index in [1.54, 1.807) is 6.07 Å². The Balaban J connectivity index is 2.12. The minimum Gasteiger partial charge on any atom is -0.496 e. The predicted molar refractivity (Wildman–Crippen MR) is 124 cm³/mol. The maximum atomic E-state index is 14.9. The largest absolute Gasteiger partial charge is 0.496 e. The van der Waals surface area contributed by atoms with Crippen molar-refractivity contribution >= 4 is 34.9 Å². The number of carbonyl (C=O) groups is 2. The van der Waals surface area contributed by atoms with Crippen molar-refractivity contribution in [2.75, 3.05) is 31.5 Å². The van der Waals surface area contributed by atoms with Gasteiger partial charge in [-0.1, -0.05) is 19.4 Å². The molecule has 1 amide bonds. The van der Waals surface area contributed by atoms with Crippen molar-refractivity contribution in [2.24, 2.45) is 0 Å². The number of aliphatic hydroxyl groups is 1. The molecule has 13 heteroatoms. The molecule has 0 fully saturated rings. The molecular formula is C22H27FN6O6. The number of hydrogen-bond donors (Lipinski definition) is 4. The van der Waals surface area contributed by atoms with Crippen LogP contribution >= 0.6 is 0 Å². The number of fused-ring (bicyclic) bond motifs is 1. The van der Waals surface area contributed by atoms with Crippen LogP contribution in [0.3, 0.4) is 0 Å². The molecule has 188 valence electrons. The van der Waals surface area contributed by atoms with Crippen molar-refractivity contribution < 1.29 is 33.7 Å². The van der Waals surface area contributed by atoms with E-state index in [9.17, 15) is 24.2 Å². The number of carboxylic acid groups (broad SMARTS) is 1. The Hall–Kier alpha value is -4.00. The first-order chi connectivity index (χ1) is 16.8. The summed E-state index contributed by atoms with van der Waals surface area (Å²) >= 11 is 0. The highest BCUT2D eigenvalue weighted by molar-refractivity contribution is 5.90. The number of aromatic nitrogens is 4. The molecule has 0 unspecified atom stereocenters. The Morgan fingerprint density at radius 3 is 2.63 bits per heavy atom. The molecule has 0 bridgehead atoms. The SMILES string of the molecule is CCC[C@@H](CCO)Nc1nc(NC(=O)OC)nc2c(F)nn(Cc3ccc(C(=O)O)cc3OC)c12. The highest BCUT2D eigenvalue weighted by Gasteiger charge is 2.23. The summed E-state index contributed by atoms with van der Waals surface area (Å²) in [6.45, 7) is 1.94. The molecule has 2 aromatic heterocycles. The van der Waals surface area contributed by atoms with Crippen LogP contribution in [0.2, 0.25) is 0 Å². The third-order valence-corrected chi connectivity index (χ3v) is 5.25. The van der Waals surface area contributed by atoms with E-state index in [2.05, 4.69) is 30.4 Å². The predicted octanol–water partition coefficient (Wildman–Crippen LogP) is 2.86. The number of ether oxygens (including phenoxy) is 2. The summed E-state index contributed by atoms with van der Waals surface area (Å²) in [7, 11) is 2.57. The number of carbonyl (C=O) groups excluding carboxylic acids is 1. The fourth-order valence-electron chi connectivity index (χ4n) is 3.62. The number of rotatable bonds is 11. The fourth-order valence-corrected chi connectivity index (χ4v) is 3.62. The molecule has 2 heterocycles. The number of hydrogen-bond acceptors (Lipinski definition) is 9. The van der Waals surface area contributed by atoms with Gasteiger partial charge in [0, 0.05) is 18.2 Å². The number of carboxylic acids is 1. The summed E-state index contributed by atoms with van der Waals surface area (Å²) in [5, 5.41) is 28.2. The van der Waals surface area contributed by atoms with Crippen molar-refractivity contribution in [2.45, 2.75) is 38.8 Å². The second kappa shape index (κ2) is 11.4. The number of amides is 1. The van der Waals surface area contributed by atoms with Crippen LogP contribution < -0.4 is 15.4 Å². The minimum atomic E-state index is -1.11.